The van der Waals surface area contributed by atoms with E-state index in [4.69, 9.17) is 0 Å². The van der Waals surface area contributed by atoms with Gasteiger partial charge in [0.1, 0.15) is 5.82 Å². The zero-order chi connectivity index (χ0) is 15.8. The highest BCUT2D eigenvalue weighted by Gasteiger charge is 2.22. The van der Waals surface area contributed by atoms with Crippen molar-refractivity contribution in [3.8, 4) is 0 Å². The molecule has 4 heterocycles. The molecule has 3 aromatic heterocycles. The quantitative estimate of drug-likeness (QED) is 0.742. The van der Waals surface area contributed by atoms with E-state index in [0.29, 0.717) is 11.5 Å². The lowest BCUT2D eigenvalue weighted by Gasteiger charge is -2.28. The van der Waals surface area contributed by atoms with E-state index < -0.39 is 0 Å². The fourth-order valence-corrected chi connectivity index (χ4v) is 3.33. The van der Waals surface area contributed by atoms with Gasteiger partial charge in [-0.15, -0.1) is 0 Å². The summed E-state index contributed by atoms with van der Waals surface area (Å²) in [4.78, 5) is 22.9. The molecule has 0 spiro atoms. The van der Waals surface area contributed by atoms with Gasteiger partial charge in [0.05, 0.1) is 18.0 Å². The smallest absolute Gasteiger partial charge is 0.253 e. The zero-order valence-electron chi connectivity index (χ0n) is 13.1. The molecule has 6 heteroatoms. The highest BCUT2D eigenvalue weighted by molar-refractivity contribution is 5.95. The Labute approximate surface area is 134 Å². The van der Waals surface area contributed by atoms with Crippen LogP contribution in [0.4, 0.5) is 0 Å². The lowest BCUT2D eigenvalue weighted by Crippen LogP contribution is -2.35. The lowest BCUT2D eigenvalue weighted by molar-refractivity contribution is 0.0760. The van der Waals surface area contributed by atoms with E-state index >= 15 is 0 Å². The van der Waals surface area contributed by atoms with Gasteiger partial charge in [0.2, 0.25) is 0 Å². The molecule has 0 saturated carbocycles. The number of pyridine rings is 1. The number of carbonyl (C=O) groups is 1. The van der Waals surface area contributed by atoms with Crippen molar-refractivity contribution >= 4 is 11.4 Å². The van der Waals surface area contributed by atoms with Gasteiger partial charge in [-0.25, -0.2) is 9.97 Å². The Morgan fingerprint density at radius 1 is 1.43 bits per heavy atom. The second-order valence-electron chi connectivity index (χ2n) is 6.23. The molecule has 3 aromatic rings. The van der Waals surface area contributed by atoms with Crippen LogP contribution in [0.3, 0.4) is 0 Å². The first-order valence-electron chi connectivity index (χ1n) is 7.88. The van der Waals surface area contributed by atoms with Crippen LogP contribution in [0.15, 0.2) is 43.2 Å². The van der Waals surface area contributed by atoms with Crippen molar-refractivity contribution < 1.29 is 4.79 Å². The van der Waals surface area contributed by atoms with Crippen LogP contribution >= 0.6 is 0 Å². The van der Waals surface area contributed by atoms with Crippen LogP contribution in [-0.2, 0) is 13.0 Å². The molecule has 0 aromatic carbocycles. The van der Waals surface area contributed by atoms with Crippen molar-refractivity contribution in [3.63, 3.8) is 0 Å². The first-order valence-corrected chi connectivity index (χ1v) is 7.88. The van der Waals surface area contributed by atoms with Crippen LogP contribution in [-0.4, -0.2) is 43.3 Å². The Morgan fingerprint density at radius 3 is 3.26 bits per heavy atom. The number of carbonyl (C=O) groups excluding carboxylic acids is 1. The average molecular weight is 309 g/mol. The van der Waals surface area contributed by atoms with Gasteiger partial charge in [-0.3, -0.25) is 4.79 Å². The number of imidazole rings is 2. The Hall–Kier alpha value is -2.63. The average Bonchev–Trinajstić information content (AvgIpc) is 3.21. The molecular formula is C17H19N5O. The van der Waals surface area contributed by atoms with Gasteiger partial charge in [-0.05, 0) is 24.5 Å². The molecule has 1 amide bonds. The predicted molar refractivity (Wildman–Crippen MR) is 86.2 cm³/mol. The van der Waals surface area contributed by atoms with Crippen LogP contribution < -0.4 is 0 Å². The molecule has 1 aliphatic rings. The van der Waals surface area contributed by atoms with Crippen molar-refractivity contribution in [1.82, 2.24) is 23.8 Å². The van der Waals surface area contributed by atoms with Crippen molar-refractivity contribution in [2.45, 2.75) is 19.4 Å². The summed E-state index contributed by atoms with van der Waals surface area (Å²) in [7, 11) is 1.88. The predicted octanol–water partition coefficient (Wildman–Crippen LogP) is 1.87. The Bertz CT molecular complexity index is 849. The van der Waals surface area contributed by atoms with Crippen LogP contribution in [0.2, 0.25) is 0 Å². The Balaban J connectivity index is 1.46. The molecule has 4 rings (SSSR count). The van der Waals surface area contributed by atoms with E-state index in [1.165, 1.54) is 0 Å². The molecule has 118 valence electrons. The van der Waals surface area contributed by atoms with Crippen molar-refractivity contribution in [2.24, 2.45) is 5.92 Å². The maximum atomic E-state index is 12.7. The van der Waals surface area contributed by atoms with Gasteiger partial charge < -0.3 is 13.9 Å². The minimum Gasteiger partial charge on any atom is -0.341 e. The SMILES string of the molecule is CN(C[C@@H]1CCc2nccn2C1)C(=O)c1ccn2cncc2c1. The second kappa shape index (κ2) is 5.53. The third-order valence-corrected chi connectivity index (χ3v) is 4.57. The molecular weight excluding hydrogens is 290 g/mol. The van der Waals surface area contributed by atoms with Crippen LogP contribution in [0.25, 0.3) is 5.52 Å². The van der Waals surface area contributed by atoms with Crippen LogP contribution in [0.5, 0.6) is 0 Å². The first kappa shape index (κ1) is 14.0. The van der Waals surface area contributed by atoms with E-state index in [1.807, 2.05) is 47.1 Å². The number of aromatic nitrogens is 4. The van der Waals surface area contributed by atoms with Crippen molar-refractivity contribution in [2.75, 3.05) is 13.6 Å². The van der Waals surface area contributed by atoms with E-state index in [9.17, 15) is 4.79 Å². The van der Waals surface area contributed by atoms with Gasteiger partial charge in [0, 0.05) is 50.7 Å². The number of rotatable bonds is 3. The molecule has 0 fully saturated rings. The number of aryl methyl sites for hydroxylation is 1. The molecule has 0 saturated heterocycles. The van der Waals surface area contributed by atoms with E-state index in [1.54, 1.807) is 12.5 Å². The zero-order valence-corrected chi connectivity index (χ0v) is 13.1. The van der Waals surface area contributed by atoms with Gasteiger partial charge in [0.15, 0.2) is 0 Å². The molecule has 1 aliphatic heterocycles. The number of nitrogens with zero attached hydrogens (tertiary/aromatic N) is 5. The third-order valence-electron chi connectivity index (χ3n) is 4.57. The highest BCUT2D eigenvalue weighted by atomic mass is 16.2. The third kappa shape index (κ3) is 2.60. The minimum atomic E-state index is 0.0603. The largest absolute Gasteiger partial charge is 0.341 e. The van der Waals surface area contributed by atoms with Crippen LogP contribution in [0.1, 0.15) is 22.6 Å². The molecule has 1 atom stereocenters. The fourth-order valence-electron chi connectivity index (χ4n) is 3.33. The number of amides is 1. The summed E-state index contributed by atoms with van der Waals surface area (Å²) in [6.07, 6.45) is 11.3. The molecule has 0 unspecified atom stereocenters. The topological polar surface area (TPSA) is 55.4 Å². The maximum absolute atomic E-state index is 12.7. The molecule has 0 aliphatic carbocycles. The van der Waals surface area contributed by atoms with Gasteiger partial charge in [-0.1, -0.05) is 0 Å². The van der Waals surface area contributed by atoms with Crippen LogP contribution in [0, 0.1) is 5.92 Å². The van der Waals surface area contributed by atoms with Gasteiger partial charge in [0.25, 0.3) is 5.91 Å². The molecule has 0 bridgehead atoms. The summed E-state index contributed by atoms with van der Waals surface area (Å²) >= 11 is 0. The molecule has 6 nitrogen and oxygen atoms in total. The summed E-state index contributed by atoms with van der Waals surface area (Å²) in [6, 6.07) is 3.74. The molecule has 23 heavy (non-hydrogen) atoms. The summed E-state index contributed by atoms with van der Waals surface area (Å²) in [5.74, 6) is 1.69. The number of hydrogen-bond acceptors (Lipinski definition) is 3. The first-order chi connectivity index (χ1) is 11.2. The fraction of sp³-hybridized carbons (Fsp3) is 0.353. The van der Waals surface area contributed by atoms with E-state index in [-0.39, 0.29) is 5.91 Å². The Kier molecular flexibility index (Phi) is 3.37. The van der Waals surface area contributed by atoms with Crippen molar-refractivity contribution in [3.05, 3.63) is 54.6 Å². The summed E-state index contributed by atoms with van der Waals surface area (Å²) in [5, 5.41) is 0. The van der Waals surface area contributed by atoms with Crippen molar-refractivity contribution in [1.29, 1.82) is 0 Å². The molecule has 0 radical (unpaired) electrons. The van der Waals surface area contributed by atoms with Gasteiger partial charge in [-0.2, -0.15) is 0 Å². The summed E-state index contributed by atoms with van der Waals surface area (Å²) < 4.78 is 4.10. The minimum absolute atomic E-state index is 0.0603. The highest BCUT2D eigenvalue weighted by Crippen LogP contribution is 2.20. The van der Waals surface area contributed by atoms with Gasteiger partial charge >= 0.3 is 0 Å². The standard InChI is InChI=1S/C17H19N5O/c1-20(10-13-2-3-16-19-5-7-21(16)11-13)17(23)14-4-6-22-12-18-9-15(22)8-14/h4-9,12-13H,2-3,10-11H2,1H3/t13-/m0/s1. The summed E-state index contributed by atoms with van der Waals surface area (Å²) in [5.41, 5.74) is 1.64. The lowest BCUT2D eigenvalue weighted by atomic mass is 9.98. The number of fused-ring (bicyclic) bond motifs is 2. The summed E-state index contributed by atoms with van der Waals surface area (Å²) in [6.45, 7) is 1.70. The monoisotopic (exact) mass is 309 g/mol. The number of hydrogen-bond donors (Lipinski definition) is 0. The van der Waals surface area contributed by atoms with E-state index in [2.05, 4.69) is 14.5 Å². The van der Waals surface area contributed by atoms with E-state index in [0.717, 1.165) is 37.3 Å². The Morgan fingerprint density at radius 2 is 2.35 bits per heavy atom. The second-order valence-corrected chi connectivity index (χ2v) is 6.23. The molecule has 0 N–H and O–H groups in total. The normalized spacial score (nSPS) is 17.2. The maximum Gasteiger partial charge on any atom is 0.253 e.